The summed E-state index contributed by atoms with van der Waals surface area (Å²) in [6.07, 6.45) is 31.4. The second-order valence-electron chi connectivity index (χ2n) is 12.1. The van der Waals surface area contributed by atoms with Crippen LogP contribution in [0.1, 0.15) is 196 Å². The van der Waals surface area contributed by atoms with Crippen LogP contribution in [-0.2, 0) is 0 Å². The minimum absolute atomic E-state index is 0.107. The quantitative estimate of drug-likeness (QED) is 0.102. The summed E-state index contributed by atoms with van der Waals surface area (Å²) in [6, 6.07) is 3.28. The summed E-state index contributed by atoms with van der Waals surface area (Å²) in [4.78, 5) is 0. The normalized spacial score (nSPS) is 12.2. The van der Waals surface area contributed by atoms with E-state index in [4.69, 9.17) is 0 Å². The van der Waals surface area contributed by atoms with Crippen LogP contribution in [0.25, 0.3) is 0 Å². The van der Waals surface area contributed by atoms with Crippen LogP contribution in [0.4, 0.5) is 0 Å². The highest BCUT2D eigenvalue weighted by molar-refractivity contribution is 5.10. The third kappa shape index (κ3) is 13.9. The minimum atomic E-state index is -0.107. The number of hydrogen-bond donors (Lipinski definition) is 0. The van der Waals surface area contributed by atoms with Crippen LogP contribution >= 0.6 is 0 Å². The van der Waals surface area contributed by atoms with Gasteiger partial charge in [-0.15, -0.1) is 0 Å². The molecule has 0 aliphatic heterocycles. The zero-order valence-corrected chi connectivity index (χ0v) is 26.1. The van der Waals surface area contributed by atoms with Gasteiger partial charge in [0.1, 0.15) is 0 Å². The number of nitrogens with zero attached hydrogens (tertiary/aromatic N) is 1. The van der Waals surface area contributed by atoms with Crippen molar-refractivity contribution in [3.8, 4) is 6.07 Å². The van der Waals surface area contributed by atoms with Crippen LogP contribution in [0.15, 0.2) is 0 Å². The Bertz CT molecular complexity index is 400. The van der Waals surface area contributed by atoms with Gasteiger partial charge >= 0.3 is 0 Å². The molecule has 214 valence electrons. The van der Waals surface area contributed by atoms with Gasteiger partial charge in [-0.2, -0.15) is 5.26 Å². The van der Waals surface area contributed by atoms with Crippen LogP contribution in [-0.4, -0.2) is 0 Å². The van der Waals surface area contributed by atoms with E-state index in [0.29, 0.717) is 17.8 Å². The molecule has 0 aromatic rings. The van der Waals surface area contributed by atoms with Crippen molar-refractivity contribution in [1.29, 1.82) is 5.26 Å². The molecular weight excluding hydrogens is 434 g/mol. The fourth-order valence-corrected chi connectivity index (χ4v) is 6.98. The maximum absolute atomic E-state index is 11.4. The highest BCUT2D eigenvalue weighted by atomic mass is 14.5. The molecule has 36 heavy (non-hydrogen) atoms. The van der Waals surface area contributed by atoms with Gasteiger partial charge in [0.25, 0.3) is 0 Å². The second kappa shape index (κ2) is 24.8. The molecule has 0 atom stereocenters. The summed E-state index contributed by atoms with van der Waals surface area (Å²) in [6.45, 7) is 14.0. The Balaban J connectivity index is 6.48. The lowest BCUT2D eigenvalue weighted by atomic mass is 9.54. The van der Waals surface area contributed by atoms with E-state index < -0.39 is 0 Å². The van der Waals surface area contributed by atoms with Crippen molar-refractivity contribution in [3.63, 3.8) is 0 Å². The van der Waals surface area contributed by atoms with Crippen molar-refractivity contribution in [1.82, 2.24) is 0 Å². The average Bonchev–Trinajstić information content (AvgIpc) is 2.89. The van der Waals surface area contributed by atoms with Crippen molar-refractivity contribution in [3.05, 3.63) is 0 Å². The first kappa shape index (κ1) is 35.5. The van der Waals surface area contributed by atoms with Gasteiger partial charge in [0.2, 0.25) is 0 Å². The van der Waals surface area contributed by atoms with Crippen molar-refractivity contribution in [2.45, 2.75) is 196 Å². The first-order chi connectivity index (χ1) is 17.6. The molecule has 0 aromatic carbocycles. The van der Waals surface area contributed by atoms with E-state index in [1.807, 2.05) is 0 Å². The summed E-state index contributed by atoms with van der Waals surface area (Å²) in [7, 11) is 0. The summed E-state index contributed by atoms with van der Waals surface area (Å²) < 4.78 is 0. The molecule has 0 radical (unpaired) electrons. The van der Waals surface area contributed by atoms with Crippen LogP contribution < -0.4 is 0 Å². The van der Waals surface area contributed by atoms with E-state index >= 15 is 0 Å². The molecular formula is C35H69N. The molecule has 0 aliphatic carbocycles. The van der Waals surface area contributed by atoms with Gasteiger partial charge in [-0.1, -0.05) is 157 Å². The van der Waals surface area contributed by atoms with Gasteiger partial charge in [0, 0.05) is 0 Å². The van der Waals surface area contributed by atoms with Crippen LogP contribution in [0.5, 0.6) is 0 Å². The molecule has 0 N–H and O–H groups in total. The van der Waals surface area contributed by atoms with Gasteiger partial charge in [0.05, 0.1) is 11.5 Å². The zero-order chi connectivity index (χ0) is 26.9. The first-order valence-electron chi connectivity index (χ1n) is 17.0. The van der Waals surface area contributed by atoms with E-state index in [0.717, 1.165) is 0 Å². The van der Waals surface area contributed by atoms with E-state index in [2.05, 4.69) is 47.6 Å². The third-order valence-electron chi connectivity index (χ3n) is 9.16. The van der Waals surface area contributed by atoms with E-state index in [1.165, 1.54) is 154 Å². The Morgan fingerprint density at radius 3 is 0.722 bits per heavy atom. The summed E-state index contributed by atoms with van der Waals surface area (Å²) in [5.74, 6) is 1.80. The SMILES string of the molecule is CCCCCC(CCCCC)C(C#N)(C(CCCCC)CCCCC)C(CCCCC)CCCCC. The van der Waals surface area contributed by atoms with E-state index in [9.17, 15) is 5.26 Å². The average molecular weight is 504 g/mol. The third-order valence-corrected chi connectivity index (χ3v) is 9.16. The monoisotopic (exact) mass is 504 g/mol. The maximum Gasteiger partial charge on any atom is 0.0698 e. The summed E-state index contributed by atoms with van der Waals surface area (Å²) in [5, 5.41) is 11.4. The standard InChI is InChI=1S/C35H69N/c1-7-13-19-25-32(26-20-14-8-2)35(31-36,33(27-21-15-9-3)28-22-16-10-4)34(29-23-17-11-5)30-24-18-12-6/h32-34H,7-30H2,1-6H3. The van der Waals surface area contributed by atoms with Gasteiger partial charge < -0.3 is 0 Å². The summed E-state index contributed by atoms with van der Waals surface area (Å²) >= 11 is 0. The lowest BCUT2D eigenvalue weighted by Gasteiger charge is -2.48. The van der Waals surface area contributed by atoms with Crippen molar-refractivity contribution < 1.29 is 0 Å². The highest BCUT2D eigenvalue weighted by Gasteiger charge is 2.49. The smallest absolute Gasteiger partial charge is 0.0698 e. The predicted molar refractivity (Wildman–Crippen MR) is 163 cm³/mol. The molecule has 0 aromatic heterocycles. The fraction of sp³-hybridized carbons (Fsp3) is 0.971. The number of rotatable bonds is 27. The molecule has 0 spiro atoms. The molecule has 0 amide bonds. The Kier molecular flexibility index (Phi) is 24.5. The first-order valence-corrected chi connectivity index (χ1v) is 17.0. The molecule has 1 nitrogen and oxygen atoms in total. The molecule has 1 heteroatoms. The fourth-order valence-electron chi connectivity index (χ4n) is 6.98. The molecule has 0 fully saturated rings. The maximum atomic E-state index is 11.4. The van der Waals surface area contributed by atoms with E-state index in [-0.39, 0.29) is 5.41 Å². The van der Waals surface area contributed by atoms with E-state index in [1.54, 1.807) is 0 Å². The summed E-state index contributed by atoms with van der Waals surface area (Å²) in [5.41, 5.74) is -0.107. The molecule has 0 bridgehead atoms. The van der Waals surface area contributed by atoms with Crippen molar-refractivity contribution >= 4 is 0 Å². The van der Waals surface area contributed by atoms with Crippen molar-refractivity contribution in [2.24, 2.45) is 23.2 Å². The minimum Gasteiger partial charge on any atom is -0.198 e. The zero-order valence-electron chi connectivity index (χ0n) is 26.1. The lowest BCUT2D eigenvalue weighted by molar-refractivity contribution is 0.0219. The molecule has 0 rings (SSSR count). The Labute approximate surface area is 230 Å². The van der Waals surface area contributed by atoms with Crippen molar-refractivity contribution in [2.75, 3.05) is 0 Å². The molecule has 0 saturated carbocycles. The van der Waals surface area contributed by atoms with Gasteiger partial charge in [-0.25, -0.2) is 0 Å². The topological polar surface area (TPSA) is 23.8 Å². The van der Waals surface area contributed by atoms with Crippen LogP contribution in [0, 0.1) is 34.5 Å². The molecule has 0 unspecified atom stereocenters. The van der Waals surface area contributed by atoms with Gasteiger partial charge in [0.15, 0.2) is 0 Å². The molecule has 0 aliphatic rings. The van der Waals surface area contributed by atoms with Crippen LogP contribution in [0.2, 0.25) is 0 Å². The number of unbranched alkanes of at least 4 members (excludes halogenated alkanes) is 12. The van der Waals surface area contributed by atoms with Gasteiger partial charge in [-0.05, 0) is 56.3 Å². The molecule has 0 heterocycles. The Morgan fingerprint density at radius 2 is 0.583 bits per heavy atom. The van der Waals surface area contributed by atoms with Crippen LogP contribution in [0.3, 0.4) is 0 Å². The molecule has 0 saturated heterocycles. The second-order valence-corrected chi connectivity index (χ2v) is 12.1. The lowest BCUT2D eigenvalue weighted by Crippen LogP contribution is -2.44. The Hall–Kier alpha value is -0.510. The highest BCUT2D eigenvalue weighted by Crippen LogP contribution is 2.53. The predicted octanol–water partition coefficient (Wildman–Crippen LogP) is 12.8. The Morgan fingerprint density at radius 1 is 0.389 bits per heavy atom. The largest absolute Gasteiger partial charge is 0.198 e. The van der Waals surface area contributed by atoms with Gasteiger partial charge in [-0.3, -0.25) is 0 Å². The number of hydrogen-bond acceptors (Lipinski definition) is 1. The number of nitriles is 1.